The molecule has 0 aliphatic rings. The standard InChI is InChI=1S/C20H22N2O6S/c1-12-15-10-13(26-4)6-8-17(15)28-19(12)20(23)21-16-11-14(7-9-18(16)27-5)29(24,25)22(2)3/h6-11H,1-5H3,(H,21,23). The third-order valence-electron chi connectivity index (χ3n) is 4.55. The summed E-state index contributed by atoms with van der Waals surface area (Å²) in [6.45, 7) is 1.77. The van der Waals surface area contributed by atoms with E-state index in [4.69, 9.17) is 13.9 Å². The highest BCUT2D eigenvalue weighted by Crippen LogP contribution is 2.32. The average Bonchev–Trinajstić information content (AvgIpc) is 3.03. The van der Waals surface area contributed by atoms with Gasteiger partial charge in [0.1, 0.15) is 17.1 Å². The summed E-state index contributed by atoms with van der Waals surface area (Å²) in [5.74, 6) is 0.578. The Bertz CT molecular complexity index is 1180. The smallest absolute Gasteiger partial charge is 0.291 e. The fourth-order valence-electron chi connectivity index (χ4n) is 2.88. The summed E-state index contributed by atoms with van der Waals surface area (Å²) < 4.78 is 42.1. The molecule has 0 bridgehead atoms. The second kappa shape index (κ2) is 7.76. The minimum absolute atomic E-state index is 0.0321. The van der Waals surface area contributed by atoms with Crippen molar-refractivity contribution in [2.75, 3.05) is 33.6 Å². The van der Waals surface area contributed by atoms with Crippen LogP contribution in [0.4, 0.5) is 5.69 Å². The summed E-state index contributed by atoms with van der Waals surface area (Å²) in [5.41, 5.74) is 1.41. The zero-order chi connectivity index (χ0) is 21.3. The Balaban J connectivity index is 2.00. The second-order valence-corrected chi connectivity index (χ2v) is 8.67. The van der Waals surface area contributed by atoms with Gasteiger partial charge in [-0.15, -0.1) is 0 Å². The minimum atomic E-state index is -3.67. The van der Waals surface area contributed by atoms with Crippen molar-refractivity contribution in [3.05, 3.63) is 47.7 Å². The lowest BCUT2D eigenvalue weighted by molar-refractivity contribution is 0.0997. The average molecular weight is 418 g/mol. The van der Waals surface area contributed by atoms with Gasteiger partial charge in [0.15, 0.2) is 5.76 Å². The SMILES string of the molecule is COc1ccc2oc(C(=O)Nc3cc(S(=O)(=O)N(C)C)ccc3OC)c(C)c2c1. The van der Waals surface area contributed by atoms with Gasteiger partial charge in [0, 0.05) is 25.0 Å². The monoisotopic (exact) mass is 418 g/mol. The summed E-state index contributed by atoms with van der Waals surface area (Å²) >= 11 is 0. The van der Waals surface area contributed by atoms with E-state index in [1.54, 1.807) is 32.2 Å². The van der Waals surface area contributed by atoms with Crippen LogP contribution in [-0.4, -0.2) is 46.9 Å². The fraction of sp³-hybridized carbons (Fsp3) is 0.250. The maximum atomic E-state index is 12.9. The quantitative estimate of drug-likeness (QED) is 0.660. The molecule has 0 spiro atoms. The van der Waals surface area contributed by atoms with Gasteiger partial charge in [0.25, 0.3) is 5.91 Å². The number of nitrogens with zero attached hydrogens (tertiary/aromatic N) is 1. The van der Waals surface area contributed by atoms with Gasteiger partial charge in [-0.2, -0.15) is 0 Å². The van der Waals surface area contributed by atoms with Gasteiger partial charge in [-0.25, -0.2) is 12.7 Å². The van der Waals surface area contributed by atoms with Crippen LogP contribution in [0.3, 0.4) is 0 Å². The Hall–Kier alpha value is -3.04. The van der Waals surface area contributed by atoms with Gasteiger partial charge < -0.3 is 19.2 Å². The molecule has 3 rings (SSSR count). The Morgan fingerprint density at radius 3 is 2.41 bits per heavy atom. The lowest BCUT2D eigenvalue weighted by Crippen LogP contribution is -2.22. The van der Waals surface area contributed by atoms with Gasteiger partial charge >= 0.3 is 0 Å². The largest absolute Gasteiger partial charge is 0.497 e. The Morgan fingerprint density at radius 2 is 1.79 bits per heavy atom. The van der Waals surface area contributed by atoms with Crippen LogP contribution in [0.5, 0.6) is 11.5 Å². The summed E-state index contributed by atoms with van der Waals surface area (Å²) in [4.78, 5) is 12.9. The molecule has 0 radical (unpaired) electrons. The van der Waals surface area contributed by atoms with Crippen LogP contribution in [-0.2, 0) is 10.0 Å². The van der Waals surface area contributed by atoms with E-state index in [2.05, 4.69) is 5.32 Å². The molecule has 8 nitrogen and oxygen atoms in total. The molecule has 0 saturated carbocycles. The normalized spacial score (nSPS) is 11.7. The van der Waals surface area contributed by atoms with Gasteiger partial charge in [-0.1, -0.05) is 0 Å². The number of furan rings is 1. The number of carbonyl (C=O) groups is 1. The predicted molar refractivity (Wildman–Crippen MR) is 109 cm³/mol. The summed E-state index contributed by atoms with van der Waals surface area (Å²) in [6, 6.07) is 9.52. The molecule has 1 aromatic heterocycles. The molecule has 29 heavy (non-hydrogen) atoms. The van der Waals surface area contributed by atoms with Crippen LogP contribution in [0, 0.1) is 6.92 Å². The molecule has 1 heterocycles. The van der Waals surface area contributed by atoms with Crippen molar-refractivity contribution in [1.82, 2.24) is 4.31 Å². The number of sulfonamides is 1. The van der Waals surface area contributed by atoms with E-state index in [1.165, 1.54) is 39.4 Å². The van der Waals surface area contributed by atoms with E-state index >= 15 is 0 Å². The molecular weight excluding hydrogens is 396 g/mol. The molecule has 0 atom stereocenters. The molecule has 9 heteroatoms. The molecule has 0 fully saturated rings. The van der Waals surface area contributed by atoms with Crippen molar-refractivity contribution in [2.24, 2.45) is 0 Å². The number of carbonyl (C=O) groups excluding carboxylic acids is 1. The van der Waals surface area contributed by atoms with E-state index < -0.39 is 15.9 Å². The van der Waals surface area contributed by atoms with E-state index in [9.17, 15) is 13.2 Å². The molecule has 1 N–H and O–H groups in total. The topological polar surface area (TPSA) is 98.1 Å². The van der Waals surface area contributed by atoms with E-state index in [0.717, 1.165) is 9.69 Å². The maximum absolute atomic E-state index is 12.9. The van der Waals surface area contributed by atoms with Gasteiger partial charge in [-0.3, -0.25) is 4.79 Å². The van der Waals surface area contributed by atoms with Crippen LogP contribution >= 0.6 is 0 Å². The molecule has 0 aliphatic heterocycles. The number of hydrogen-bond donors (Lipinski definition) is 1. The van der Waals surface area contributed by atoms with Crippen molar-refractivity contribution in [3.8, 4) is 11.5 Å². The Labute approximate surface area is 169 Å². The predicted octanol–water partition coefficient (Wildman–Crippen LogP) is 3.26. The molecule has 0 unspecified atom stereocenters. The van der Waals surface area contributed by atoms with Gasteiger partial charge in [-0.05, 0) is 43.3 Å². The first-order valence-corrected chi connectivity index (χ1v) is 10.1. The highest BCUT2D eigenvalue weighted by atomic mass is 32.2. The van der Waals surface area contributed by atoms with Gasteiger partial charge in [0.05, 0.1) is 24.8 Å². The lowest BCUT2D eigenvalue weighted by atomic mass is 10.1. The number of fused-ring (bicyclic) bond motifs is 1. The third kappa shape index (κ3) is 3.79. The summed E-state index contributed by atoms with van der Waals surface area (Å²) in [6.07, 6.45) is 0. The number of ether oxygens (including phenoxy) is 2. The molecule has 0 saturated heterocycles. The van der Waals surface area contributed by atoms with Crippen LogP contribution in [0.15, 0.2) is 45.7 Å². The molecule has 2 aromatic carbocycles. The van der Waals surface area contributed by atoms with E-state index in [0.29, 0.717) is 22.6 Å². The number of methoxy groups -OCH3 is 2. The maximum Gasteiger partial charge on any atom is 0.291 e. The van der Waals surface area contributed by atoms with Crippen LogP contribution < -0.4 is 14.8 Å². The number of amides is 1. The first kappa shape index (κ1) is 20.7. The third-order valence-corrected chi connectivity index (χ3v) is 6.36. The zero-order valence-corrected chi connectivity index (χ0v) is 17.6. The minimum Gasteiger partial charge on any atom is -0.497 e. The highest BCUT2D eigenvalue weighted by Gasteiger charge is 2.22. The number of aryl methyl sites for hydroxylation is 1. The van der Waals surface area contributed by atoms with E-state index in [-0.39, 0.29) is 16.3 Å². The van der Waals surface area contributed by atoms with Crippen LogP contribution in [0.25, 0.3) is 11.0 Å². The molecular formula is C20H22N2O6S. The lowest BCUT2D eigenvalue weighted by Gasteiger charge is -2.15. The summed E-state index contributed by atoms with van der Waals surface area (Å²) in [7, 11) is 2.19. The molecule has 3 aromatic rings. The summed E-state index contributed by atoms with van der Waals surface area (Å²) in [5, 5.41) is 3.44. The molecule has 0 aliphatic carbocycles. The number of anilines is 1. The zero-order valence-electron chi connectivity index (χ0n) is 16.8. The fourth-order valence-corrected chi connectivity index (χ4v) is 3.81. The Morgan fingerprint density at radius 1 is 1.07 bits per heavy atom. The van der Waals surface area contributed by atoms with Gasteiger partial charge in [0.2, 0.25) is 10.0 Å². The van der Waals surface area contributed by atoms with Crippen LogP contribution in [0.2, 0.25) is 0 Å². The van der Waals surface area contributed by atoms with E-state index in [1.807, 2.05) is 0 Å². The number of nitrogens with one attached hydrogen (secondary N) is 1. The van der Waals surface area contributed by atoms with Crippen molar-refractivity contribution >= 4 is 32.6 Å². The first-order valence-electron chi connectivity index (χ1n) is 8.68. The van der Waals surface area contributed by atoms with Crippen molar-refractivity contribution < 1.29 is 27.1 Å². The number of hydrogen-bond acceptors (Lipinski definition) is 6. The number of benzene rings is 2. The Kier molecular flexibility index (Phi) is 5.54. The highest BCUT2D eigenvalue weighted by molar-refractivity contribution is 7.89. The molecule has 154 valence electrons. The van der Waals surface area contributed by atoms with Crippen molar-refractivity contribution in [3.63, 3.8) is 0 Å². The second-order valence-electron chi connectivity index (χ2n) is 6.52. The molecule has 1 amide bonds. The van der Waals surface area contributed by atoms with Crippen molar-refractivity contribution in [1.29, 1.82) is 0 Å². The number of rotatable bonds is 6. The first-order chi connectivity index (χ1) is 13.7. The van der Waals surface area contributed by atoms with Crippen molar-refractivity contribution in [2.45, 2.75) is 11.8 Å². The van der Waals surface area contributed by atoms with Crippen LogP contribution in [0.1, 0.15) is 16.1 Å².